The summed E-state index contributed by atoms with van der Waals surface area (Å²) in [5, 5.41) is -1.25. The van der Waals surface area contributed by atoms with E-state index >= 15 is 0 Å². The predicted molar refractivity (Wildman–Crippen MR) is 72.4 cm³/mol. The molecule has 0 aliphatic heterocycles. The standard InChI is InChI=1S/C8H8Cl2N2O4S2/c9-5-17(13,14)11-7-1-2-8(4-3-7)12-18(15,16)6-10/h1-4H,5-6H2. The second-order valence-electron chi connectivity index (χ2n) is 3.08. The van der Waals surface area contributed by atoms with Crippen molar-refractivity contribution in [2.45, 2.75) is 0 Å². The van der Waals surface area contributed by atoms with Gasteiger partial charge in [-0.25, -0.2) is 16.8 Å². The maximum Gasteiger partial charge on any atom is 0.267 e. The molecule has 0 unspecified atom stereocenters. The third kappa shape index (κ3) is 4.89. The highest BCUT2D eigenvalue weighted by Gasteiger charge is 2.10. The van der Waals surface area contributed by atoms with E-state index in [1.54, 1.807) is 0 Å². The van der Waals surface area contributed by atoms with Crippen LogP contribution in [-0.4, -0.2) is 38.7 Å². The highest BCUT2D eigenvalue weighted by Crippen LogP contribution is 2.05. The first-order valence-corrected chi connectivity index (χ1v) is 8.70. The number of hydrogen-bond donors (Lipinski definition) is 0. The Morgan fingerprint density at radius 1 is 0.778 bits per heavy atom. The lowest BCUT2D eigenvalue weighted by atomic mass is 10.1. The summed E-state index contributed by atoms with van der Waals surface area (Å²) in [6.45, 7) is 0. The minimum atomic E-state index is -3.70. The molecule has 0 bridgehead atoms. The molecule has 0 N–H and O–H groups in total. The van der Waals surface area contributed by atoms with Gasteiger partial charge in [-0.15, -0.1) is 23.2 Å². The number of nitrogens with zero attached hydrogens (tertiary/aromatic N) is 2. The Hall–Kier alpha value is -0.700. The third-order valence-electron chi connectivity index (χ3n) is 1.61. The van der Waals surface area contributed by atoms with Crippen LogP contribution in [-0.2, 0) is 20.0 Å². The third-order valence-corrected chi connectivity index (χ3v) is 4.80. The highest BCUT2D eigenvalue weighted by atomic mass is 35.5. The molecule has 18 heavy (non-hydrogen) atoms. The van der Waals surface area contributed by atoms with Crippen molar-refractivity contribution in [1.29, 1.82) is 0 Å². The lowest BCUT2D eigenvalue weighted by molar-refractivity contribution is 0.600. The molecule has 0 spiro atoms. The lowest BCUT2D eigenvalue weighted by Crippen LogP contribution is -2.07. The van der Waals surface area contributed by atoms with Crippen LogP contribution in [0.5, 0.6) is 0 Å². The van der Waals surface area contributed by atoms with E-state index in [1.807, 2.05) is 0 Å². The summed E-state index contributed by atoms with van der Waals surface area (Å²) in [7, 11) is -7.41. The van der Waals surface area contributed by atoms with Gasteiger partial charge in [0, 0.05) is 0 Å². The van der Waals surface area contributed by atoms with E-state index < -0.39 is 30.5 Å². The van der Waals surface area contributed by atoms with Crippen LogP contribution in [0, 0.1) is 0 Å². The zero-order valence-electron chi connectivity index (χ0n) is 8.82. The molecule has 1 aliphatic rings. The largest absolute Gasteiger partial charge is 0.267 e. The van der Waals surface area contributed by atoms with Crippen LogP contribution < -0.4 is 0 Å². The number of allylic oxidation sites excluding steroid dienone is 4. The topological polar surface area (TPSA) is 93.0 Å². The Bertz CT molecular complexity index is 571. The summed E-state index contributed by atoms with van der Waals surface area (Å²) >= 11 is 10.4. The first-order chi connectivity index (χ1) is 8.28. The normalized spacial score (nSPS) is 15.9. The van der Waals surface area contributed by atoms with Crippen LogP contribution in [0.25, 0.3) is 0 Å². The van der Waals surface area contributed by atoms with Crippen LogP contribution in [0.3, 0.4) is 0 Å². The van der Waals surface area contributed by atoms with E-state index in [4.69, 9.17) is 23.2 Å². The second-order valence-corrected chi connectivity index (χ2v) is 7.52. The van der Waals surface area contributed by atoms with E-state index in [0.29, 0.717) is 0 Å². The molecule has 100 valence electrons. The van der Waals surface area contributed by atoms with Gasteiger partial charge in [0.1, 0.15) is 10.4 Å². The molecule has 0 saturated carbocycles. The molecule has 6 nitrogen and oxygen atoms in total. The van der Waals surface area contributed by atoms with Crippen molar-refractivity contribution in [3.63, 3.8) is 0 Å². The van der Waals surface area contributed by atoms with Crippen LogP contribution in [0.1, 0.15) is 0 Å². The van der Waals surface area contributed by atoms with Gasteiger partial charge in [0.05, 0.1) is 11.4 Å². The van der Waals surface area contributed by atoms with Gasteiger partial charge in [0.15, 0.2) is 0 Å². The first kappa shape index (κ1) is 15.4. The molecule has 10 heteroatoms. The Morgan fingerprint density at radius 3 is 1.28 bits per heavy atom. The molecule has 0 amide bonds. The van der Waals surface area contributed by atoms with Crippen LogP contribution in [0.2, 0.25) is 0 Å². The number of sulfonamides is 2. The van der Waals surface area contributed by atoms with Gasteiger partial charge in [-0.05, 0) is 24.3 Å². The minimum absolute atomic E-state index is 0.137. The molecule has 0 saturated heterocycles. The van der Waals surface area contributed by atoms with Gasteiger partial charge in [0.2, 0.25) is 0 Å². The zero-order chi connectivity index (χ0) is 13.8. The number of halogens is 2. The van der Waals surface area contributed by atoms with Crippen molar-refractivity contribution in [3.8, 4) is 0 Å². The average Bonchev–Trinajstić information content (AvgIpc) is 2.31. The molecule has 0 aromatic heterocycles. The fraction of sp³-hybridized carbons (Fsp3) is 0.250. The zero-order valence-corrected chi connectivity index (χ0v) is 12.0. The van der Waals surface area contributed by atoms with Crippen molar-refractivity contribution >= 4 is 54.7 Å². The van der Waals surface area contributed by atoms with E-state index in [0.717, 1.165) is 0 Å². The lowest BCUT2D eigenvalue weighted by Gasteiger charge is -2.01. The first-order valence-electron chi connectivity index (χ1n) is 4.41. The summed E-state index contributed by atoms with van der Waals surface area (Å²) in [6.07, 6.45) is 5.25. The smallest absolute Gasteiger partial charge is 0.203 e. The van der Waals surface area contributed by atoms with E-state index in [9.17, 15) is 16.8 Å². The maximum atomic E-state index is 11.1. The van der Waals surface area contributed by atoms with Gasteiger partial charge in [0.25, 0.3) is 20.0 Å². The van der Waals surface area contributed by atoms with Crippen molar-refractivity contribution in [2.75, 3.05) is 10.4 Å². The average molecular weight is 331 g/mol. The fourth-order valence-electron chi connectivity index (χ4n) is 0.944. The minimum Gasteiger partial charge on any atom is -0.203 e. The monoisotopic (exact) mass is 330 g/mol. The highest BCUT2D eigenvalue weighted by molar-refractivity contribution is 7.91. The van der Waals surface area contributed by atoms with Crippen LogP contribution >= 0.6 is 23.2 Å². The molecule has 0 aromatic rings. The summed E-state index contributed by atoms with van der Waals surface area (Å²) in [4.78, 5) is 0. The second kappa shape index (κ2) is 5.96. The Morgan fingerprint density at radius 2 is 1.06 bits per heavy atom. The Kier molecular flexibility index (Phi) is 5.09. The molecular weight excluding hydrogens is 323 g/mol. The Labute approximate surface area is 115 Å². The van der Waals surface area contributed by atoms with Crippen LogP contribution in [0.15, 0.2) is 33.1 Å². The van der Waals surface area contributed by atoms with Crippen molar-refractivity contribution in [1.82, 2.24) is 0 Å². The maximum absolute atomic E-state index is 11.1. The molecule has 0 radical (unpaired) electrons. The number of rotatable bonds is 4. The van der Waals surface area contributed by atoms with Gasteiger partial charge in [-0.1, -0.05) is 0 Å². The van der Waals surface area contributed by atoms with E-state index in [2.05, 4.69) is 8.80 Å². The van der Waals surface area contributed by atoms with Gasteiger partial charge < -0.3 is 0 Å². The summed E-state index contributed by atoms with van der Waals surface area (Å²) < 4.78 is 51.2. The van der Waals surface area contributed by atoms with Crippen LogP contribution in [0.4, 0.5) is 0 Å². The Balaban J connectivity index is 2.97. The summed E-state index contributed by atoms with van der Waals surface area (Å²) in [6, 6.07) is 0. The summed E-state index contributed by atoms with van der Waals surface area (Å²) in [5.74, 6) is 0. The number of hydrogen-bond acceptors (Lipinski definition) is 4. The molecule has 0 fully saturated rings. The van der Waals surface area contributed by atoms with Crippen molar-refractivity contribution in [2.24, 2.45) is 8.80 Å². The SMILES string of the molecule is O=S(=O)(CCl)N=C1C=CC(=NS(=O)(=O)CCl)C=C1. The molecule has 0 atom stereocenters. The number of alkyl halides is 2. The van der Waals surface area contributed by atoms with Crippen molar-refractivity contribution < 1.29 is 16.8 Å². The van der Waals surface area contributed by atoms with Crippen molar-refractivity contribution in [3.05, 3.63) is 24.3 Å². The predicted octanol–water partition coefficient (Wildman–Crippen LogP) is 1.05. The summed E-state index contributed by atoms with van der Waals surface area (Å²) in [5.41, 5.74) is 0.274. The van der Waals surface area contributed by atoms with E-state index in [-0.39, 0.29) is 11.4 Å². The quantitative estimate of drug-likeness (QED) is 0.568. The van der Waals surface area contributed by atoms with Gasteiger partial charge >= 0.3 is 0 Å². The van der Waals surface area contributed by atoms with Gasteiger partial charge in [-0.3, -0.25) is 0 Å². The van der Waals surface area contributed by atoms with E-state index in [1.165, 1.54) is 24.3 Å². The fourth-order valence-corrected chi connectivity index (χ4v) is 2.22. The molecular formula is C8H8Cl2N2O4S2. The molecule has 1 aliphatic carbocycles. The molecule has 0 aromatic carbocycles. The molecule has 1 rings (SSSR count). The molecule has 0 heterocycles. The van der Waals surface area contributed by atoms with Gasteiger partial charge in [-0.2, -0.15) is 8.80 Å².